The lowest BCUT2D eigenvalue weighted by atomic mass is 10.1. The quantitative estimate of drug-likeness (QED) is 0.0169. The number of carbonyl (C=O) groups excluding carboxylic acids is 4. The second-order valence-electron chi connectivity index (χ2n) is 26.2. The van der Waals surface area contributed by atoms with Crippen molar-refractivity contribution in [1.29, 1.82) is 0 Å². The first kappa shape index (κ1) is 100. The van der Waals surface area contributed by atoms with Gasteiger partial charge in [0.1, 0.15) is 19.3 Å². The van der Waals surface area contributed by atoms with Crippen molar-refractivity contribution in [1.82, 2.24) is 0 Å². The fourth-order valence-corrected chi connectivity index (χ4v) is 11.7. The Bertz CT molecular complexity index is 2680. The summed E-state index contributed by atoms with van der Waals surface area (Å²) in [4.78, 5) is 73.0. The van der Waals surface area contributed by atoms with Crippen molar-refractivity contribution in [2.75, 3.05) is 39.6 Å². The highest BCUT2D eigenvalue weighted by molar-refractivity contribution is 7.47. The third-order valence-electron chi connectivity index (χ3n) is 16.2. The van der Waals surface area contributed by atoms with Gasteiger partial charge in [-0.05, 0) is 154 Å². The number of unbranched alkanes of at least 4 members (excludes halogenated alkanes) is 20. The lowest BCUT2D eigenvalue weighted by Crippen LogP contribution is -2.30. The molecule has 602 valence electrons. The number of hydrogen-bond donors (Lipinski definition) is 3. The van der Waals surface area contributed by atoms with Crippen LogP contribution in [-0.2, 0) is 65.4 Å². The Hall–Kier alpha value is -5.58. The standard InChI is InChI=1S/C87H142O17P2/c1-5-9-13-17-21-25-29-33-36-38-40-42-45-49-53-57-61-65-69-73-86(91)103-82(77-97-84(89)71-67-63-59-55-51-47-32-28-24-20-16-12-8-4)79-101-105(93,94)99-75-81(88)76-100-106(95,96)102-80-83(78-98-85(90)72-68-64-60-56-52-48-44-35-31-27-23-19-15-11-7-3)104-87(92)74-70-66-62-58-54-50-46-43-41-39-37-34-30-26-22-18-14-10-6-2/h9-10,13-14,21-22,25-28,31-34,36-37,40-43,49-50,53-54,61-62,65-66,81-83,88H,5-8,11-12,15-20,23-24,29-30,35,38-39,44-48,51-52,55-60,63-64,67-80H2,1-4H3,(H,93,94)(H,95,96)/b13-9-,14-10-,25-21-,26-22-,31-27-,32-28-,36-33-,37-34-,42-40-,43-41-,53-49-,54-50-,65-61-,66-62-/t81-,82+,83+/m0/s1. The summed E-state index contributed by atoms with van der Waals surface area (Å²) in [5.74, 6) is -2.40. The first-order chi connectivity index (χ1) is 51.7. The molecule has 0 aromatic heterocycles. The Morgan fingerprint density at radius 1 is 0.274 bits per heavy atom. The Morgan fingerprint density at radius 2 is 0.509 bits per heavy atom. The summed E-state index contributed by atoms with van der Waals surface area (Å²) in [5.41, 5.74) is 0. The largest absolute Gasteiger partial charge is 0.472 e. The molecule has 0 saturated carbocycles. The van der Waals surface area contributed by atoms with Crippen LogP contribution in [0.1, 0.15) is 297 Å². The second-order valence-corrected chi connectivity index (χ2v) is 29.1. The molecule has 0 saturated heterocycles. The van der Waals surface area contributed by atoms with Gasteiger partial charge in [0.15, 0.2) is 12.2 Å². The van der Waals surface area contributed by atoms with Crippen molar-refractivity contribution in [3.63, 3.8) is 0 Å². The van der Waals surface area contributed by atoms with Crippen LogP contribution in [0.25, 0.3) is 0 Å². The molecule has 0 spiro atoms. The van der Waals surface area contributed by atoms with Crippen LogP contribution in [-0.4, -0.2) is 96.7 Å². The van der Waals surface area contributed by atoms with Crippen LogP contribution >= 0.6 is 15.6 Å². The summed E-state index contributed by atoms with van der Waals surface area (Å²) < 4.78 is 68.4. The number of ether oxygens (including phenoxy) is 4. The summed E-state index contributed by atoms with van der Waals surface area (Å²) in [5, 5.41) is 10.6. The number of phosphoric ester groups is 2. The number of esters is 4. The molecule has 0 aliphatic carbocycles. The minimum atomic E-state index is -5.01. The molecule has 106 heavy (non-hydrogen) atoms. The van der Waals surface area contributed by atoms with Crippen molar-refractivity contribution >= 4 is 39.5 Å². The molecule has 0 amide bonds. The minimum Gasteiger partial charge on any atom is -0.462 e. The molecule has 2 unspecified atom stereocenters. The van der Waals surface area contributed by atoms with E-state index in [4.69, 9.17) is 37.0 Å². The molecule has 0 bridgehead atoms. The van der Waals surface area contributed by atoms with Crippen LogP contribution in [0, 0.1) is 0 Å². The molecule has 0 aromatic carbocycles. The van der Waals surface area contributed by atoms with Crippen LogP contribution in [0.2, 0.25) is 0 Å². The summed E-state index contributed by atoms with van der Waals surface area (Å²) in [6.07, 6.45) is 92.2. The summed E-state index contributed by atoms with van der Waals surface area (Å²) >= 11 is 0. The summed E-state index contributed by atoms with van der Waals surface area (Å²) in [6, 6.07) is 0. The van der Waals surface area contributed by atoms with Crippen molar-refractivity contribution in [2.24, 2.45) is 0 Å². The first-order valence-electron chi connectivity index (χ1n) is 40.4. The molecular formula is C87H142O17P2. The van der Waals surface area contributed by atoms with Gasteiger partial charge in [0.2, 0.25) is 0 Å². The van der Waals surface area contributed by atoms with Gasteiger partial charge in [0.05, 0.1) is 26.4 Å². The Morgan fingerprint density at radius 3 is 0.792 bits per heavy atom. The van der Waals surface area contributed by atoms with E-state index in [2.05, 4.69) is 161 Å². The predicted molar refractivity (Wildman–Crippen MR) is 436 cm³/mol. The molecule has 0 rings (SSSR count). The molecule has 19 heteroatoms. The molecule has 5 atom stereocenters. The molecule has 0 aliphatic rings. The van der Waals surface area contributed by atoms with Crippen LogP contribution in [0.4, 0.5) is 0 Å². The fourth-order valence-electron chi connectivity index (χ4n) is 10.1. The molecule has 0 fully saturated rings. The molecule has 0 heterocycles. The number of aliphatic hydroxyl groups is 1. The van der Waals surface area contributed by atoms with Crippen molar-refractivity contribution in [2.45, 2.75) is 316 Å². The molecule has 3 N–H and O–H groups in total. The van der Waals surface area contributed by atoms with Gasteiger partial charge in [-0.3, -0.25) is 37.3 Å². The topological polar surface area (TPSA) is 237 Å². The average Bonchev–Trinajstić information content (AvgIpc) is 0.937. The normalized spacial score (nSPS) is 14.7. The number of aliphatic hydroxyl groups excluding tert-OH is 1. The van der Waals surface area contributed by atoms with E-state index in [1.165, 1.54) is 51.4 Å². The van der Waals surface area contributed by atoms with E-state index in [1.54, 1.807) is 0 Å². The highest BCUT2D eigenvalue weighted by atomic mass is 31.2. The third-order valence-corrected chi connectivity index (χ3v) is 18.1. The van der Waals surface area contributed by atoms with E-state index in [0.717, 1.165) is 154 Å². The number of phosphoric acid groups is 2. The maximum absolute atomic E-state index is 13.1. The minimum absolute atomic E-state index is 0.0381. The summed E-state index contributed by atoms with van der Waals surface area (Å²) in [7, 11) is -10.0. The number of carbonyl (C=O) groups is 4. The van der Waals surface area contributed by atoms with Crippen LogP contribution in [0.3, 0.4) is 0 Å². The number of rotatable bonds is 74. The van der Waals surface area contributed by atoms with Gasteiger partial charge in [-0.2, -0.15) is 0 Å². The maximum Gasteiger partial charge on any atom is 0.472 e. The van der Waals surface area contributed by atoms with Crippen LogP contribution in [0.5, 0.6) is 0 Å². The molecule has 0 aromatic rings. The highest BCUT2D eigenvalue weighted by Crippen LogP contribution is 2.45. The van der Waals surface area contributed by atoms with E-state index in [1.807, 2.05) is 36.5 Å². The van der Waals surface area contributed by atoms with E-state index < -0.39 is 97.5 Å². The monoisotopic (exact) mass is 1520 g/mol. The van der Waals surface area contributed by atoms with Crippen molar-refractivity contribution in [3.8, 4) is 0 Å². The zero-order chi connectivity index (χ0) is 77.4. The third kappa shape index (κ3) is 76.6. The van der Waals surface area contributed by atoms with Gasteiger partial charge < -0.3 is 33.8 Å². The predicted octanol–water partition coefficient (Wildman–Crippen LogP) is 23.8. The second kappa shape index (κ2) is 77.6. The van der Waals surface area contributed by atoms with Crippen molar-refractivity contribution in [3.05, 3.63) is 170 Å². The first-order valence-corrected chi connectivity index (χ1v) is 43.4. The van der Waals surface area contributed by atoms with Crippen LogP contribution in [0.15, 0.2) is 170 Å². The molecule has 0 radical (unpaired) electrons. The number of allylic oxidation sites excluding steroid dienone is 28. The molecule has 0 aliphatic heterocycles. The van der Waals surface area contributed by atoms with E-state index >= 15 is 0 Å². The van der Waals surface area contributed by atoms with Gasteiger partial charge in [0.25, 0.3) is 0 Å². The SMILES string of the molecule is CC/C=C\C/C=C\C/C=C\C/C=C\C/C=C\C/C=C\CCC(=O)O[C@H](COC(=O)CCCCCCC/C=C\CCCCCC)COP(=O)(O)OC[C@H](O)COP(=O)(O)OC[C@@H](COC(=O)CCCCCCCCC/C=C\CCCCCC)OC(=O)CC/C=C\C/C=C\C/C=C\C/C=C\C/C=C\C/C=C\CC. The smallest absolute Gasteiger partial charge is 0.462 e. The van der Waals surface area contributed by atoms with Crippen molar-refractivity contribution < 1.29 is 80.2 Å². The van der Waals surface area contributed by atoms with E-state index in [-0.39, 0.29) is 25.7 Å². The Kier molecular flexibility index (Phi) is 73.5. The van der Waals surface area contributed by atoms with Gasteiger partial charge >= 0.3 is 39.5 Å². The van der Waals surface area contributed by atoms with Crippen LogP contribution < -0.4 is 0 Å². The zero-order valence-corrected chi connectivity index (χ0v) is 67.6. The van der Waals surface area contributed by atoms with Gasteiger partial charge in [-0.1, -0.05) is 288 Å². The number of hydrogen-bond acceptors (Lipinski definition) is 15. The lowest BCUT2D eigenvalue weighted by Gasteiger charge is -2.21. The average molecular weight is 1520 g/mol. The Labute approximate surface area is 642 Å². The van der Waals surface area contributed by atoms with E-state index in [9.17, 15) is 43.2 Å². The van der Waals surface area contributed by atoms with Gasteiger partial charge in [-0.15, -0.1) is 0 Å². The zero-order valence-electron chi connectivity index (χ0n) is 65.8. The maximum atomic E-state index is 13.1. The summed E-state index contributed by atoms with van der Waals surface area (Å²) in [6.45, 7) is 4.42. The van der Waals surface area contributed by atoms with Gasteiger partial charge in [0, 0.05) is 25.7 Å². The highest BCUT2D eigenvalue weighted by Gasteiger charge is 2.30. The fraction of sp³-hybridized carbons (Fsp3) is 0.632. The van der Waals surface area contributed by atoms with E-state index in [0.29, 0.717) is 38.5 Å². The lowest BCUT2D eigenvalue weighted by molar-refractivity contribution is -0.161. The van der Waals surface area contributed by atoms with Gasteiger partial charge in [-0.25, -0.2) is 9.13 Å². The molecule has 17 nitrogen and oxygen atoms in total. The Balaban J connectivity index is 5.52. The molecular weight excluding hydrogens is 1380 g/mol.